The Morgan fingerprint density at radius 1 is 1.39 bits per heavy atom. The van der Waals surface area contributed by atoms with Gasteiger partial charge in [0.25, 0.3) is 0 Å². The van der Waals surface area contributed by atoms with Crippen molar-refractivity contribution in [1.82, 2.24) is 10.3 Å². The summed E-state index contributed by atoms with van der Waals surface area (Å²) in [5.74, 6) is 0. The first kappa shape index (κ1) is 15.6. The molecule has 1 rings (SSSR count). The molecule has 0 amide bonds. The first-order valence-electron chi connectivity index (χ1n) is 6.62. The maximum atomic E-state index is 5.56. The van der Waals surface area contributed by atoms with E-state index in [2.05, 4.69) is 46.9 Å². The van der Waals surface area contributed by atoms with E-state index in [4.69, 9.17) is 9.72 Å². The second-order valence-electron chi connectivity index (χ2n) is 5.25. The molecule has 104 valence electrons. The molecule has 1 heterocycles. The van der Waals surface area contributed by atoms with Gasteiger partial charge >= 0.3 is 0 Å². The summed E-state index contributed by atoms with van der Waals surface area (Å²) in [6.45, 7) is 12.9. The smallest absolute Gasteiger partial charge is 0.116 e. The highest BCUT2D eigenvalue weighted by atomic mass is 32.1. The van der Waals surface area contributed by atoms with Crippen molar-refractivity contribution in [3.05, 3.63) is 15.6 Å². The molecule has 3 nitrogen and oxygen atoms in total. The van der Waals surface area contributed by atoms with Gasteiger partial charge in [-0.3, -0.25) is 0 Å². The quantitative estimate of drug-likeness (QED) is 0.861. The van der Waals surface area contributed by atoms with E-state index in [1.165, 1.54) is 10.6 Å². The molecule has 0 spiro atoms. The van der Waals surface area contributed by atoms with Crippen molar-refractivity contribution in [3.8, 4) is 0 Å². The number of ether oxygens (including phenoxy) is 1. The van der Waals surface area contributed by atoms with E-state index in [1.54, 1.807) is 18.4 Å². The summed E-state index contributed by atoms with van der Waals surface area (Å²) in [4.78, 5) is 6.11. The number of hydrogen-bond acceptors (Lipinski definition) is 4. The van der Waals surface area contributed by atoms with Crippen LogP contribution in [-0.2, 0) is 16.7 Å². The predicted octanol–water partition coefficient (Wildman–Crippen LogP) is 3.26. The van der Waals surface area contributed by atoms with Gasteiger partial charge < -0.3 is 10.1 Å². The van der Waals surface area contributed by atoms with Crippen molar-refractivity contribution in [3.63, 3.8) is 0 Å². The molecule has 2 atom stereocenters. The number of thiazole rings is 1. The van der Waals surface area contributed by atoms with Crippen molar-refractivity contribution in [2.45, 2.75) is 65.6 Å². The van der Waals surface area contributed by atoms with Crippen molar-refractivity contribution < 1.29 is 4.74 Å². The van der Waals surface area contributed by atoms with E-state index in [-0.39, 0.29) is 11.6 Å². The van der Waals surface area contributed by atoms with E-state index in [9.17, 15) is 0 Å². The molecule has 0 saturated carbocycles. The van der Waals surface area contributed by atoms with Crippen LogP contribution in [0.5, 0.6) is 0 Å². The summed E-state index contributed by atoms with van der Waals surface area (Å²) in [5.41, 5.74) is 0.973. The topological polar surface area (TPSA) is 34.2 Å². The first-order chi connectivity index (χ1) is 8.35. The van der Waals surface area contributed by atoms with Gasteiger partial charge in [0, 0.05) is 18.0 Å². The fraction of sp³-hybridized carbons (Fsp3) is 0.786. The van der Waals surface area contributed by atoms with Crippen LogP contribution in [0.2, 0.25) is 0 Å². The maximum Gasteiger partial charge on any atom is 0.116 e. The average molecular weight is 270 g/mol. The lowest BCUT2D eigenvalue weighted by Crippen LogP contribution is -2.51. The number of aryl methyl sites for hydroxylation is 2. The standard InChI is InChI=1S/C14H26N2OS/c1-8-12-10(4)18-13(15-12)14(6,11(5)17-7)16-9(2)3/h9,11,16H,8H2,1-7H3. The number of aromatic nitrogens is 1. The molecule has 2 unspecified atom stereocenters. The Hall–Kier alpha value is -0.450. The molecule has 0 saturated heterocycles. The van der Waals surface area contributed by atoms with E-state index >= 15 is 0 Å². The van der Waals surface area contributed by atoms with Crippen molar-refractivity contribution in [1.29, 1.82) is 0 Å². The lowest BCUT2D eigenvalue weighted by molar-refractivity contribution is 0.0318. The predicted molar refractivity (Wildman–Crippen MR) is 78.3 cm³/mol. The number of nitrogens with one attached hydrogen (secondary N) is 1. The number of hydrogen-bond donors (Lipinski definition) is 1. The average Bonchev–Trinajstić information content (AvgIpc) is 2.68. The minimum Gasteiger partial charge on any atom is -0.379 e. The van der Waals surface area contributed by atoms with Gasteiger partial charge in [-0.25, -0.2) is 4.98 Å². The van der Waals surface area contributed by atoms with E-state index in [1.807, 2.05) is 0 Å². The lowest BCUT2D eigenvalue weighted by Gasteiger charge is -2.35. The molecule has 0 aromatic carbocycles. The maximum absolute atomic E-state index is 5.56. The zero-order chi connectivity index (χ0) is 13.9. The van der Waals surface area contributed by atoms with Gasteiger partial charge in [0.15, 0.2) is 0 Å². The summed E-state index contributed by atoms with van der Waals surface area (Å²) in [7, 11) is 1.76. The van der Waals surface area contributed by atoms with Gasteiger partial charge in [0.1, 0.15) is 5.01 Å². The number of rotatable bonds is 6. The summed E-state index contributed by atoms with van der Waals surface area (Å²) in [5, 5.41) is 4.74. The third kappa shape index (κ3) is 3.11. The minimum absolute atomic E-state index is 0.0788. The fourth-order valence-electron chi connectivity index (χ4n) is 2.17. The molecule has 0 fully saturated rings. The van der Waals surface area contributed by atoms with Crippen LogP contribution >= 0.6 is 11.3 Å². The van der Waals surface area contributed by atoms with Crippen LogP contribution in [0.1, 0.15) is 50.2 Å². The Bertz CT molecular complexity index is 389. The second kappa shape index (κ2) is 6.13. The van der Waals surface area contributed by atoms with Crippen LogP contribution in [-0.4, -0.2) is 24.2 Å². The van der Waals surface area contributed by atoms with Gasteiger partial charge in [0.2, 0.25) is 0 Å². The fourth-order valence-corrected chi connectivity index (χ4v) is 3.36. The first-order valence-corrected chi connectivity index (χ1v) is 7.44. The van der Waals surface area contributed by atoms with Gasteiger partial charge in [-0.2, -0.15) is 0 Å². The van der Waals surface area contributed by atoms with Crippen molar-refractivity contribution in [2.24, 2.45) is 0 Å². The Morgan fingerprint density at radius 3 is 2.39 bits per heavy atom. The Labute approximate surface area is 115 Å². The molecular formula is C14H26N2OS. The highest BCUT2D eigenvalue weighted by Gasteiger charge is 2.37. The molecule has 0 aliphatic rings. The minimum atomic E-state index is -0.230. The largest absolute Gasteiger partial charge is 0.379 e. The van der Waals surface area contributed by atoms with E-state index < -0.39 is 0 Å². The zero-order valence-corrected chi connectivity index (χ0v) is 13.4. The van der Waals surface area contributed by atoms with Gasteiger partial charge in [-0.05, 0) is 41.0 Å². The molecule has 0 aliphatic heterocycles. The molecular weight excluding hydrogens is 244 g/mol. The summed E-state index contributed by atoms with van der Waals surface area (Å²) < 4.78 is 5.56. The van der Waals surface area contributed by atoms with Gasteiger partial charge in [-0.1, -0.05) is 6.92 Å². The highest BCUT2D eigenvalue weighted by Crippen LogP contribution is 2.32. The van der Waals surface area contributed by atoms with Crippen LogP contribution in [0, 0.1) is 6.92 Å². The normalized spacial score (nSPS) is 16.9. The SMILES string of the molecule is CCc1nc(C(C)(NC(C)C)C(C)OC)sc1C. The molecule has 1 aromatic rings. The zero-order valence-electron chi connectivity index (χ0n) is 12.6. The lowest BCUT2D eigenvalue weighted by atomic mass is 9.95. The molecule has 18 heavy (non-hydrogen) atoms. The Kier molecular flexibility index (Phi) is 5.32. The van der Waals surface area contributed by atoms with Crippen LogP contribution in [0.4, 0.5) is 0 Å². The molecule has 1 N–H and O–H groups in total. The van der Waals surface area contributed by atoms with Crippen LogP contribution in [0.15, 0.2) is 0 Å². The van der Waals surface area contributed by atoms with Crippen molar-refractivity contribution in [2.75, 3.05) is 7.11 Å². The number of methoxy groups -OCH3 is 1. The third-order valence-electron chi connectivity index (χ3n) is 3.43. The summed E-state index contributed by atoms with van der Waals surface area (Å²) in [6.07, 6.45) is 1.07. The Balaban J connectivity index is 3.16. The molecule has 0 bridgehead atoms. The summed E-state index contributed by atoms with van der Waals surface area (Å²) in [6, 6.07) is 0.391. The molecule has 4 heteroatoms. The highest BCUT2D eigenvalue weighted by molar-refractivity contribution is 7.11. The van der Waals surface area contributed by atoms with Gasteiger partial charge in [0.05, 0.1) is 17.3 Å². The number of nitrogens with zero attached hydrogens (tertiary/aromatic N) is 1. The molecule has 0 radical (unpaired) electrons. The molecule has 0 aliphatic carbocycles. The van der Waals surface area contributed by atoms with Crippen LogP contribution < -0.4 is 5.32 Å². The van der Waals surface area contributed by atoms with Gasteiger partial charge in [-0.15, -0.1) is 11.3 Å². The Morgan fingerprint density at radius 2 is 2.00 bits per heavy atom. The van der Waals surface area contributed by atoms with Crippen LogP contribution in [0.25, 0.3) is 0 Å². The van der Waals surface area contributed by atoms with E-state index in [0.717, 1.165) is 11.4 Å². The monoisotopic (exact) mass is 270 g/mol. The summed E-state index contributed by atoms with van der Waals surface area (Å²) >= 11 is 1.78. The third-order valence-corrected chi connectivity index (χ3v) is 4.68. The van der Waals surface area contributed by atoms with E-state index in [0.29, 0.717) is 6.04 Å². The second-order valence-corrected chi connectivity index (χ2v) is 6.46. The van der Waals surface area contributed by atoms with Crippen molar-refractivity contribution >= 4 is 11.3 Å². The molecule has 1 aromatic heterocycles. The van der Waals surface area contributed by atoms with Crippen LogP contribution in [0.3, 0.4) is 0 Å².